The highest BCUT2D eigenvalue weighted by Crippen LogP contribution is 2.38. The van der Waals surface area contributed by atoms with E-state index in [0.29, 0.717) is 55.5 Å². The third-order valence-corrected chi connectivity index (χ3v) is 6.01. The van der Waals surface area contributed by atoms with E-state index in [2.05, 4.69) is 15.2 Å². The molecule has 0 spiro atoms. The largest absolute Gasteiger partial charge is 0.385 e. The number of methoxy groups -OCH3 is 1. The minimum Gasteiger partial charge on any atom is -0.385 e. The van der Waals surface area contributed by atoms with E-state index in [1.54, 1.807) is 31.0 Å². The Bertz CT molecular complexity index is 1050. The molecule has 8 nitrogen and oxygen atoms in total. The zero-order chi connectivity index (χ0) is 22.0. The van der Waals surface area contributed by atoms with E-state index in [9.17, 15) is 9.18 Å². The van der Waals surface area contributed by atoms with E-state index in [1.165, 1.54) is 12.1 Å². The van der Waals surface area contributed by atoms with E-state index < -0.39 is 0 Å². The summed E-state index contributed by atoms with van der Waals surface area (Å²) in [5.41, 5.74) is 1.72. The molecule has 164 valence electrons. The maximum atomic E-state index is 13.2. The zero-order valence-corrected chi connectivity index (χ0v) is 18.0. The van der Waals surface area contributed by atoms with Gasteiger partial charge in [-0.3, -0.25) is 9.48 Å². The minimum absolute atomic E-state index is 0.0245. The number of hydrogen-bond donors (Lipinski definition) is 0. The lowest BCUT2D eigenvalue weighted by Crippen LogP contribution is -2.46. The lowest BCUT2D eigenvalue weighted by atomic mass is 9.75. The number of rotatable bonds is 6. The standard InChI is InChI=1S/C22H26FN5O3/c1-15-14-18(27(2)25-15)20(29)28-11-8-22(9-12-28,10-13-30-3)21-24-19(31-26-21)16-4-6-17(23)7-5-16/h4-7,14H,8-13H2,1-3H3. The van der Waals surface area contributed by atoms with E-state index in [-0.39, 0.29) is 17.1 Å². The van der Waals surface area contributed by atoms with Gasteiger partial charge in [-0.2, -0.15) is 10.1 Å². The Hall–Kier alpha value is -3.07. The highest BCUT2D eigenvalue weighted by molar-refractivity contribution is 5.92. The number of piperidine rings is 1. The molecule has 0 aliphatic carbocycles. The quantitative estimate of drug-likeness (QED) is 0.601. The predicted octanol–water partition coefficient (Wildman–Crippen LogP) is 3.13. The molecule has 2 aromatic heterocycles. The molecule has 1 fully saturated rings. The van der Waals surface area contributed by atoms with Crippen LogP contribution >= 0.6 is 0 Å². The van der Waals surface area contributed by atoms with Crippen LogP contribution in [0.3, 0.4) is 0 Å². The molecule has 0 unspecified atom stereocenters. The van der Waals surface area contributed by atoms with Gasteiger partial charge in [0.1, 0.15) is 11.5 Å². The van der Waals surface area contributed by atoms with Crippen molar-refractivity contribution in [3.8, 4) is 11.5 Å². The molecule has 0 atom stereocenters. The fourth-order valence-corrected chi connectivity index (χ4v) is 4.14. The van der Waals surface area contributed by atoms with Crippen LogP contribution in [0, 0.1) is 12.7 Å². The SMILES string of the molecule is COCCC1(c2noc(-c3ccc(F)cc3)n2)CCN(C(=O)c2cc(C)nn2C)CC1. The number of nitrogens with zero attached hydrogens (tertiary/aromatic N) is 5. The van der Waals surface area contributed by atoms with Crippen molar-refractivity contribution < 1.29 is 18.4 Å². The van der Waals surface area contributed by atoms with Gasteiger partial charge in [0.15, 0.2) is 5.82 Å². The summed E-state index contributed by atoms with van der Waals surface area (Å²) in [7, 11) is 3.45. The Kier molecular flexibility index (Phi) is 5.86. The molecule has 1 aliphatic heterocycles. The van der Waals surface area contributed by atoms with Crippen LogP contribution in [0.2, 0.25) is 0 Å². The number of aromatic nitrogens is 4. The summed E-state index contributed by atoms with van der Waals surface area (Å²) in [5.74, 6) is 0.618. The van der Waals surface area contributed by atoms with Gasteiger partial charge in [0.05, 0.1) is 5.69 Å². The molecule has 1 saturated heterocycles. The maximum absolute atomic E-state index is 13.2. The number of amides is 1. The van der Waals surface area contributed by atoms with Crippen molar-refractivity contribution in [1.29, 1.82) is 0 Å². The molecule has 1 aromatic carbocycles. The first-order valence-electron chi connectivity index (χ1n) is 10.3. The normalized spacial score (nSPS) is 15.9. The first kappa shape index (κ1) is 21.2. The number of halogens is 1. The number of hydrogen-bond acceptors (Lipinski definition) is 6. The van der Waals surface area contributed by atoms with E-state index in [1.807, 2.05) is 17.9 Å². The molecule has 0 bridgehead atoms. The molecular weight excluding hydrogens is 401 g/mol. The minimum atomic E-state index is -0.350. The highest BCUT2D eigenvalue weighted by atomic mass is 19.1. The first-order chi connectivity index (χ1) is 14.9. The van der Waals surface area contributed by atoms with Gasteiger partial charge in [-0.15, -0.1) is 0 Å². The average Bonchev–Trinajstić information content (AvgIpc) is 3.39. The molecule has 3 aromatic rings. The summed E-state index contributed by atoms with van der Waals surface area (Å²) < 4.78 is 25.7. The van der Waals surface area contributed by atoms with Crippen molar-refractivity contribution in [2.75, 3.05) is 26.8 Å². The van der Waals surface area contributed by atoms with Crippen molar-refractivity contribution in [3.05, 3.63) is 53.4 Å². The van der Waals surface area contributed by atoms with Gasteiger partial charge in [0.25, 0.3) is 11.8 Å². The summed E-state index contributed by atoms with van der Waals surface area (Å²) in [6, 6.07) is 7.77. The van der Waals surface area contributed by atoms with Crippen LogP contribution in [0.1, 0.15) is 41.3 Å². The molecule has 9 heteroatoms. The fraction of sp³-hybridized carbons (Fsp3) is 0.455. The summed E-state index contributed by atoms with van der Waals surface area (Å²) in [6.07, 6.45) is 2.11. The molecule has 0 N–H and O–H groups in total. The number of aryl methyl sites for hydroxylation is 2. The molecule has 0 saturated carbocycles. The van der Waals surface area contributed by atoms with Gasteiger partial charge in [0.2, 0.25) is 0 Å². The second-order valence-corrected chi connectivity index (χ2v) is 8.04. The molecule has 3 heterocycles. The lowest BCUT2D eigenvalue weighted by Gasteiger charge is -2.39. The smallest absolute Gasteiger partial charge is 0.272 e. The average molecular weight is 427 g/mol. The van der Waals surface area contributed by atoms with Crippen LogP contribution in [-0.4, -0.2) is 57.5 Å². The van der Waals surface area contributed by atoms with Crippen LogP contribution < -0.4 is 0 Å². The third-order valence-electron chi connectivity index (χ3n) is 6.01. The van der Waals surface area contributed by atoms with Crippen molar-refractivity contribution in [1.82, 2.24) is 24.8 Å². The molecule has 1 aliphatic rings. The fourth-order valence-electron chi connectivity index (χ4n) is 4.14. The molecule has 0 radical (unpaired) electrons. The van der Waals surface area contributed by atoms with E-state index in [0.717, 1.165) is 12.1 Å². The van der Waals surface area contributed by atoms with Crippen molar-refractivity contribution in [3.63, 3.8) is 0 Å². The predicted molar refractivity (Wildman–Crippen MR) is 111 cm³/mol. The van der Waals surface area contributed by atoms with Gasteiger partial charge in [-0.25, -0.2) is 4.39 Å². The molecule has 1 amide bonds. The van der Waals surface area contributed by atoms with Gasteiger partial charge in [-0.1, -0.05) is 5.16 Å². The van der Waals surface area contributed by atoms with Crippen molar-refractivity contribution in [2.24, 2.45) is 7.05 Å². The Morgan fingerprint density at radius 2 is 1.97 bits per heavy atom. The highest BCUT2D eigenvalue weighted by Gasteiger charge is 2.41. The topological polar surface area (TPSA) is 86.3 Å². The monoisotopic (exact) mass is 427 g/mol. The summed E-state index contributed by atoms with van der Waals surface area (Å²) in [4.78, 5) is 19.5. The second-order valence-electron chi connectivity index (χ2n) is 8.04. The van der Waals surface area contributed by atoms with Crippen molar-refractivity contribution >= 4 is 5.91 Å². The maximum Gasteiger partial charge on any atom is 0.272 e. The second kappa shape index (κ2) is 8.58. The van der Waals surface area contributed by atoms with Crippen LogP contribution in [0.5, 0.6) is 0 Å². The summed E-state index contributed by atoms with van der Waals surface area (Å²) in [5, 5.41) is 8.53. The first-order valence-corrected chi connectivity index (χ1v) is 10.3. The van der Waals surface area contributed by atoms with Gasteiger partial charge < -0.3 is 14.2 Å². The van der Waals surface area contributed by atoms with E-state index >= 15 is 0 Å². The Morgan fingerprint density at radius 1 is 1.26 bits per heavy atom. The summed E-state index contributed by atoms with van der Waals surface area (Å²) >= 11 is 0. The Labute approximate surface area is 180 Å². The third kappa shape index (κ3) is 4.23. The van der Waals surface area contributed by atoms with Gasteiger partial charge in [-0.05, 0) is 56.5 Å². The Morgan fingerprint density at radius 3 is 2.58 bits per heavy atom. The molecule has 4 rings (SSSR count). The van der Waals surface area contributed by atoms with Gasteiger partial charge >= 0.3 is 0 Å². The number of carbonyl (C=O) groups excluding carboxylic acids is 1. The van der Waals surface area contributed by atoms with Crippen LogP contribution in [0.15, 0.2) is 34.9 Å². The van der Waals surface area contributed by atoms with Crippen LogP contribution in [0.4, 0.5) is 4.39 Å². The zero-order valence-electron chi connectivity index (χ0n) is 18.0. The number of benzene rings is 1. The molecular formula is C22H26FN5O3. The van der Waals surface area contributed by atoms with Crippen molar-refractivity contribution in [2.45, 2.75) is 31.6 Å². The number of likely N-dealkylation sites (tertiary alicyclic amines) is 1. The van der Waals surface area contributed by atoms with Crippen LogP contribution in [0.25, 0.3) is 11.5 Å². The van der Waals surface area contributed by atoms with Crippen LogP contribution in [-0.2, 0) is 17.2 Å². The number of ether oxygens (including phenoxy) is 1. The van der Waals surface area contributed by atoms with E-state index in [4.69, 9.17) is 9.26 Å². The lowest BCUT2D eigenvalue weighted by molar-refractivity contribution is 0.0606. The number of carbonyl (C=O) groups is 1. The Balaban J connectivity index is 1.54. The summed E-state index contributed by atoms with van der Waals surface area (Å²) in [6.45, 7) is 3.58. The molecule has 31 heavy (non-hydrogen) atoms. The van der Waals surface area contributed by atoms with Gasteiger partial charge in [0, 0.05) is 44.8 Å².